The topological polar surface area (TPSA) is 76.8 Å². The summed E-state index contributed by atoms with van der Waals surface area (Å²) >= 11 is 0. The Hall–Kier alpha value is -2.31. The second-order valence-electron chi connectivity index (χ2n) is 7.15. The van der Waals surface area contributed by atoms with Crippen LogP contribution in [-0.4, -0.2) is 31.4 Å². The van der Waals surface area contributed by atoms with E-state index in [1.54, 1.807) is 12.4 Å². The number of rotatable bonds is 6. The van der Waals surface area contributed by atoms with Crippen LogP contribution in [0.3, 0.4) is 0 Å². The molecule has 0 bridgehead atoms. The number of imidazole rings is 1. The zero-order valence-corrected chi connectivity index (χ0v) is 15.3. The molecule has 0 aliphatic heterocycles. The van der Waals surface area contributed by atoms with Crippen molar-refractivity contribution in [1.82, 2.24) is 24.6 Å². The third kappa shape index (κ3) is 4.03. The number of nitrogens with zero attached hydrogens (tertiary/aromatic N) is 4. The molecular formula is C18H28N6O. The molecule has 0 saturated heterocycles. The lowest BCUT2D eigenvalue weighted by atomic mass is 10.2. The highest BCUT2D eigenvalue weighted by atomic mass is 16.2. The van der Waals surface area contributed by atoms with Crippen LogP contribution in [0.25, 0.3) is 0 Å². The molecule has 1 fully saturated rings. The predicted molar refractivity (Wildman–Crippen MR) is 97.5 cm³/mol. The van der Waals surface area contributed by atoms with Crippen molar-refractivity contribution in [2.45, 2.75) is 65.1 Å². The van der Waals surface area contributed by atoms with Crippen molar-refractivity contribution in [1.29, 1.82) is 0 Å². The second kappa shape index (κ2) is 7.72. The second-order valence-corrected chi connectivity index (χ2v) is 7.15. The molecule has 2 aromatic rings. The minimum absolute atomic E-state index is 0.130. The minimum Gasteiger partial charge on any atom is -0.333 e. The number of aromatic nitrogens is 4. The molecule has 0 radical (unpaired) electrons. The van der Waals surface area contributed by atoms with Gasteiger partial charge in [0.05, 0.1) is 36.0 Å². The Balaban J connectivity index is 1.64. The monoisotopic (exact) mass is 344 g/mol. The highest BCUT2D eigenvalue weighted by Crippen LogP contribution is 2.30. The van der Waals surface area contributed by atoms with Crippen molar-refractivity contribution in [3.8, 4) is 0 Å². The van der Waals surface area contributed by atoms with Gasteiger partial charge in [0.15, 0.2) is 0 Å². The van der Waals surface area contributed by atoms with Crippen molar-refractivity contribution < 1.29 is 4.79 Å². The maximum Gasteiger partial charge on any atom is 0.319 e. The summed E-state index contributed by atoms with van der Waals surface area (Å²) in [4.78, 5) is 16.6. The Kier molecular flexibility index (Phi) is 5.40. The normalized spacial score (nSPS) is 20.2. The van der Waals surface area contributed by atoms with Crippen molar-refractivity contribution in [3.63, 3.8) is 0 Å². The lowest BCUT2D eigenvalue weighted by molar-refractivity contribution is 0.245. The maximum atomic E-state index is 12.5. The summed E-state index contributed by atoms with van der Waals surface area (Å²) < 4.78 is 4.08. The summed E-state index contributed by atoms with van der Waals surface area (Å²) in [5.74, 6) is 0.515. The van der Waals surface area contributed by atoms with E-state index in [0.717, 1.165) is 43.6 Å². The van der Waals surface area contributed by atoms with Gasteiger partial charge in [-0.3, -0.25) is 4.68 Å². The molecule has 1 saturated carbocycles. The predicted octanol–water partition coefficient (Wildman–Crippen LogP) is 3.21. The number of hydrogen-bond donors (Lipinski definition) is 2. The number of hydrogen-bond acceptors (Lipinski definition) is 3. The molecular weight excluding hydrogens is 316 g/mol. The first-order valence-electron chi connectivity index (χ1n) is 9.18. The molecule has 2 N–H and O–H groups in total. The first-order valence-corrected chi connectivity index (χ1v) is 9.18. The highest BCUT2D eigenvalue weighted by Gasteiger charge is 2.29. The number of carbonyl (C=O) groups excluding carboxylic acids is 1. The third-order valence-electron chi connectivity index (χ3n) is 4.77. The standard InChI is InChI=1S/C18H28N6O/c1-4-16-15(10-20-24(16)11-13(2)3)22-18(25)21-14-6-5-7-17(14)23-9-8-19-12-23/h8-10,12-14,17H,4-7,11H2,1-3H3,(H2,21,22,25)/t14-,17+/m1/s1. The van der Waals surface area contributed by atoms with Gasteiger partial charge in [0.1, 0.15) is 0 Å². The summed E-state index contributed by atoms with van der Waals surface area (Å²) in [6.07, 6.45) is 11.3. The van der Waals surface area contributed by atoms with E-state index in [4.69, 9.17) is 0 Å². The fourth-order valence-electron chi connectivity index (χ4n) is 3.65. The molecule has 2 atom stereocenters. The van der Waals surface area contributed by atoms with Gasteiger partial charge in [-0.1, -0.05) is 20.8 Å². The van der Waals surface area contributed by atoms with Crippen molar-refractivity contribution >= 4 is 11.7 Å². The van der Waals surface area contributed by atoms with Crippen molar-refractivity contribution in [2.75, 3.05) is 5.32 Å². The average molecular weight is 344 g/mol. The largest absolute Gasteiger partial charge is 0.333 e. The van der Waals surface area contributed by atoms with Crippen molar-refractivity contribution in [3.05, 3.63) is 30.6 Å². The lowest BCUT2D eigenvalue weighted by Gasteiger charge is -2.22. The Labute approximate surface area is 148 Å². The Bertz CT molecular complexity index is 690. The van der Waals surface area contributed by atoms with Crippen LogP contribution in [0.2, 0.25) is 0 Å². The Morgan fingerprint density at radius 2 is 2.24 bits per heavy atom. The van der Waals surface area contributed by atoms with E-state index in [-0.39, 0.29) is 18.1 Å². The maximum absolute atomic E-state index is 12.5. The van der Waals surface area contributed by atoms with Crippen LogP contribution in [0, 0.1) is 5.92 Å². The van der Waals surface area contributed by atoms with Crippen LogP contribution in [0.5, 0.6) is 0 Å². The number of carbonyl (C=O) groups is 1. The molecule has 7 nitrogen and oxygen atoms in total. The molecule has 25 heavy (non-hydrogen) atoms. The van der Waals surface area contributed by atoms with Gasteiger partial charge in [-0.05, 0) is 31.6 Å². The number of anilines is 1. The third-order valence-corrected chi connectivity index (χ3v) is 4.77. The summed E-state index contributed by atoms with van der Waals surface area (Å²) in [5.41, 5.74) is 1.87. The number of nitrogens with one attached hydrogen (secondary N) is 2. The van der Waals surface area contributed by atoms with Crippen LogP contribution < -0.4 is 10.6 Å². The molecule has 0 spiro atoms. The summed E-state index contributed by atoms with van der Waals surface area (Å²) in [5, 5.41) is 10.6. The van der Waals surface area contributed by atoms with Gasteiger partial charge in [-0.2, -0.15) is 5.10 Å². The molecule has 1 aliphatic carbocycles. The lowest BCUT2D eigenvalue weighted by Crippen LogP contribution is -2.40. The average Bonchev–Trinajstić information content (AvgIpc) is 3.27. The first kappa shape index (κ1) is 17.5. The van der Waals surface area contributed by atoms with Crippen LogP contribution in [-0.2, 0) is 13.0 Å². The van der Waals surface area contributed by atoms with Gasteiger partial charge in [-0.25, -0.2) is 9.78 Å². The Morgan fingerprint density at radius 3 is 2.92 bits per heavy atom. The van der Waals surface area contributed by atoms with Crippen molar-refractivity contribution in [2.24, 2.45) is 5.92 Å². The summed E-state index contributed by atoms with van der Waals surface area (Å²) in [7, 11) is 0. The van der Waals surface area contributed by atoms with E-state index in [1.165, 1.54) is 0 Å². The molecule has 0 unspecified atom stereocenters. The van der Waals surface area contributed by atoms with Gasteiger partial charge in [0, 0.05) is 18.9 Å². The number of amides is 2. The zero-order chi connectivity index (χ0) is 17.8. The van der Waals surface area contributed by atoms with E-state index < -0.39 is 0 Å². The van der Waals surface area contributed by atoms with E-state index in [9.17, 15) is 4.79 Å². The van der Waals surface area contributed by atoms with Gasteiger partial charge < -0.3 is 15.2 Å². The van der Waals surface area contributed by atoms with Crippen LogP contribution in [0.1, 0.15) is 51.8 Å². The van der Waals surface area contributed by atoms with Crippen LogP contribution >= 0.6 is 0 Å². The SMILES string of the molecule is CCc1c(NC(=O)N[C@@H]2CCC[C@@H]2n2ccnc2)cnn1CC(C)C. The van der Waals surface area contributed by atoms with E-state index in [2.05, 4.69) is 46.1 Å². The molecule has 2 heterocycles. The first-order chi connectivity index (χ1) is 12.1. The van der Waals surface area contributed by atoms with E-state index in [0.29, 0.717) is 5.92 Å². The number of urea groups is 1. The smallest absolute Gasteiger partial charge is 0.319 e. The van der Waals surface area contributed by atoms with Gasteiger partial charge in [0.2, 0.25) is 0 Å². The van der Waals surface area contributed by atoms with E-state index >= 15 is 0 Å². The van der Waals surface area contributed by atoms with Crippen LogP contribution in [0.15, 0.2) is 24.9 Å². The van der Waals surface area contributed by atoms with Gasteiger partial charge in [-0.15, -0.1) is 0 Å². The van der Waals surface area contributed by atoms with Gasteiger partial charge >= 0.3 is 6.03 Å². The van der Waals surface area contributed by atoms with Crippen LogP contribution in [0.4, 0.5) is 10.5 Å². The minimum atomic E-state index is -0.157. The summed E-state index contributed by atoms with van der Waals surface area (Å²) in [6.45, 7) is 7.27. The molecule has 7 heteroatoms. The van der Waals surface area contributed by atoms with E-state index in [1.807, 2.05) is 17.2 Å². The molecule has 2 amide bonds. The summed E-state index contributed by atoms with van der Waals surface area (Å²) in [6, 6.07) is 0.253. The Morgan fingerprint density at radius 1 is 1.40 bits per heavy atom. The molecule has 2 aromatic heterocycles. The highest BCUT2D eigenvalue weighted by molar-refractivity contribution is 5.90. The molecule has 1 aliphatic rings. The fraction of sp³-hybridized carbons (Fsp3) is 0.611. The molecule has 3 rings (SSSR count). The quantitative estimate of drug-likeness (QED) is 0.845. The zero-order valence-electron chi connectivity index (χ0n) is 15.3. The fourth-order valence-corrected chi connectivity index (χ4v) is 3.65. The molecule has 136 valence electrons. The van der Waals surface area contributed by atoms with Gasteiger partial charge in [0.25, 0.3) is 0 Å². The molecule has 0 aromatic carbocycles.